The number of halogens is 1. The minimum Gasteiger partial charge on any atom is -0.403 e. The SMILES string of the molecule is Cc1ccc2nc(-c3cccc(CCl)c3)oc(=O)c2c1. The topological polar surface area (TPSA) is 43.1 Å². The Kier molecular flexibility index (Phi) is 3.28. The van der Waals surface area contributed by atoms with Crippen LogP contribution in [0.1, 0.15) is 11.1 Å². The van der Waals surface area contributed by atoms with Gasteiger partial charge in [-0.15, -0.1) is 11.6 Å². The van der Waals surface area contributed by atoms with Crippen molar-refractivity contribution in [2.45, 2.75) is 12.8 Å². The average Bonchev–Trinajstić information content (AvgIpc) is 2.48. The molecular formula is C16H12ClNO2. The molecule has 3 aromatic rings. The maximum atomic E-state index is 12.0. The molecule has 1 heterocycles. The Bertz CT molecular complexity index is 839. The van der Waals surface area contributed by atoms with Gasteiger partial charge in [0.25, 0.3) is 0 Å². The summed E-state index contributed by atoms with van der Waals surface area (Å²) in [6.07, 6.45) is 0. The molecule has 0 aliphatic heterocycles. The summed E-state index contributed by atoms with van der Waals surface area (Å²) in [5.41, 5.74) is 2.98. The van der Waals surface area contributed by atoms with Crippen molar-refractivity contribution in [3.63, 3.8) is 0 Å². The van der Waals surface area contributed by atoms with Crippen LogP contribution < -0.4 is 5.63 Å². The molecule has 0 fully saturated rings. The fourth-order valence-corrected chi connectivity index (χ4v) is 2.26. The number of benzene rings is 2. The Morgan fingerprint density at radius 1 is 1.20 bits per heavy atom. The van der Waals surface area contributed by atoms with Crippen LogP contribution in [0.15, 0.2) is 51.7 Å². The van der Waals surface area contributed by atoms with Gasteiger partial charge in [-0.3, -0.25) is 0 Å². The molecule has 0 amide bonds. The molecule has 100 valence electrons. The van der Waals surface area contributed by atoms with Crippen LogP contribution in [-0.2, 0) is 5.88 Å². The second-order valence-corrected chi connectivity index (χ2v) is 4.93. The predicted molar refractivity (Wildman–Crippen MR) is 80.0 cm³/mol. The molecule has 0 N–H and O–H groups in total. The van der Waals surface area contributed by atoms with Crippen molar-refractivity contribution in [2.24, 2.45) is 0 Å². The fourth-order valence-electron chi connectivity index (χ4n) is 2.10. The van der Waals surface area contributed by atoms with Crippen molar-refractivity contribution in [3.8, 4) is 11.5 Å². The highest BCUT2D eigenvalue weighted by atomic mass is 35.5. The molecule has 0 unspecified atom stereocenters. The van der Waals surface area contributed by atoms with Crippen LogP contribution in [0.3, 0.4) is 0 Å². The van der Waals surface area contributed by atoms with Crippen LogP contribution in [0, 0.1) is 6.92 Å². The molecule has 0 saturated carbocycles. The average molecular weight is 286 g/mol. The van der Waals surface area contributed by atoms with E-state index in [1.165, 1.54) is 0 Å². The summed E-state index contributed by atoms with van der Waals surface area (Å²) in [7, 11) is 0. The van der Waals surface area contributed by atoms with Crippen molar-refractivity contribution in [2.75, 3.05) is 0 Å². The summed E-state index contributed by atoms with van der Waals surface area (Å²) in [6, 6.07) is 13.0. The smallest absolute Gasteiger partial charge is 0.347 e. The lowest BCUT2D eigenvalue weighted by molar-refractivity contribution is 0.518. The van der Waals surface area contributed by atoms with Gasteiger partial charge in [0.2, 0.25) is 5.89 Å². The molecule has 0 saturated heterocycles. The number of aryl methyl sites for hydroxylation is 1. The molecule has 3 rings (SSSR count). The van der Waals surface area contributed by atoms with E-state index in [4.69, 9.17) is 16.0 Å². The third-order valence-electron chi connectivity index (χ3n) is 3.11. The number of alkyl halides is 1. The first kappa shape index (κ1) is 12.9. The van der Waals surface area contributed by atoms with Crippen LogP contribution in [-0.4, -0.2) is 4.98 Å². The molecule has 0 aliphatic rings. The Balaban J connectivity index is 2.22. The minimum atomic E-state index is -0.370. The lowest BCUT2D eigenvalue weighted by Crippen LogP contribution is -2.03. The standard InChI is InChI=1S/C16H12ClNO2/c1-10-5-6-14-13(7-10)16(19)20-15(18-14)12-4-2-3-11(8-12)9-17/h2-8H,9H2,1H3. The van der Waals surface area contributed by atoms with Gasteiger partial charge in [0.15, 0.2) is 0 Å². The number of hydrogen-bond donors (Lipinski definition) is 0. The minimum absolute atomic E-state index is 0.318. The van der Waals surface area contributed by atoms with Gasteiger partial charge >= 0.3 is 5.63 Å². The van der Waals surface area contributed by atoms with E-state index in [0.29, 0.717) is 22.7 Å². The molecule has 0 bridgehead atoms. The van der Waals surface area contributed by atoms with Gasteiger partial charge in [0.1, 0.15) is 0 Å². The number of fused-ring (bicyclic) bond motifs is 1. The normalized spacial score (nSPS) is 10.9. The van der Waals surface area contributed by atoms with Crippen molar-refractivity contribution < 1.29 is 4.42 Å². The van der Waals surface area contributed by atoms with Crippen LogP contribution in [0.4, 0.5) is 0 Å². The quantitative estimate of drug-likeness (QED) is 0.671. The molecule has 0 spiro atoms. The van der Waals surface area contributed by atoms with E-state index in [0.717, 1.165) is 16.7 Å². The third kappa shape index (κ3) is 2.32. The molecule has 2 aromatic carbocycles. The second-order valence-electron chi connectivity index (χ2n) is 4.66. The van der Waals surface area contributed by atoms with Crippen molar-refractivity contribution in [1.29, 1.82) is 0 Å². The monoisotopic (exact) mass is 285 g/mol. The first-order valence-corrected chi connectivity index (χ1v) is 6.77. The van der Waals surface area contributed by atoms with Crippen LogP contribution in [0.2, 0.25) is 0 Å². The molecular weight excluding hydrogens is 274 g/mol. The van der Waals surface area contributed by atoms with Gasteiger partial charge in [-0.2, -0.15) is 0 Å². The van der Waals surface area contributed by atoms with E-state index in [-0.39, 0.29) is 5.63 Å². The van der Waals surface area contributed by atoms with Crippen molar-refractivity contribution in [1.82, 2.24) is 4.98 Å². The number of aromatic nitrogens is 1. The van der Waals surface area contributed by atoms with Gasteiger partial charge in [-0.05, 0) is 36.8 Å². The molecule has 0 aliphatic carbocycles. The number of rotatable bonds is 2. The van der Waals surface area contributed by atoms with Crippen LogP contribution in [0.5, 0.6) is 0 Å². The Morgan fingerprint density at radius 3 is 2.85 bits per heavy atom. The highest BCUT2D eigenvalue weighted by molar-refractivity contribution is 6.17. The largest absolute Gasteiger partial charge is 0.403 e. The van der Waals surface area contributed by atoms with Gasteiger partial charge in [-0.1, -0.05) is 23.8 Å². The zero-order valence-corrected chi connectivity index (χ0v) is 11.6. The maximum absolute atomic E-state index is 12.0. The molecule has 4 heteroatoms. The highest BCUT2D eigenvalue weighted by Crippen LogP contribution is 2.20. The highest BCUT2D eigenvalue weighted by Gasteiger charge is 2.09. The van der Waals surface area contributed by atoms with E-state index in [1.54, 1.807) is 6.07 Å². The molecule has 1 aromatic heterocycles. The second kappa shape index (κ2) is 5.10. The first-order chi connectivity index (χ1) is 9.67. The van der Waals surface area contributed by atoms with E-state index in [2.05, 4.69) is 4.98 Å². The van der Waals surface area contributed by atoms with Gasteiger partial charge < -0.3 is 4.42 Å². The van der Waals surface area contributed by atoms with E-state index >= 15 is 0 Å². The van der Waals surface area contributed by atoms with E-state index in [9.17, 15) is 4.79 Å². The molecule has 3 nitrogen and oxygen atoms in total. The zero-order chi connectivity index (χ0) is 14.1. The van der Waals surface area contributed by atoms with Crippen LogP contribution >= 0.6 is 11.6 Å². The van der Waals surface area contributed by atoms with E-state index in [1.807, 2.05) is 43.3 Å². The summed E-state index contributed by atoms with van der Waals surface area (Å²) in [5.74, 6) is 0.725. The lowest BCUT2D eigenvalue weighted by Gasteiger charge is -2.03. The zero-order valence-electron chi connectivity index (χ0n) is 10.9. The third-order valence-corrected chi connectivity index (χ3v) is 3.42. The summed E-state index contributed by atoms with van der Waals surface area (Å²) in [5, 5.41) is 0.502. The van der Waals surface area contributed by atoms with Gasteiger partial charge in [0, 0.05) is 11.4 Å². The summed E-state index contributed by atoms with van der Waals surface area (Å²) in [6.45, 7) is 1.93. The number of nitrogens with zero attached hydrogens (tertiary/aromatic N) is 1. The van der Waals surface area contributed by atoms with Crippen molar-refractivity contribution in [3.05, 3.63) is 64.0 Å². The van der Waals surface area contributed by atoms with Gasteiger partial charge in [0.05, 0.1) is 10.9 Å². The number of hydrogen-bond acceptors (Lipinski definition) is 3. The first-order valence-electron chi connectivity index (χ1n) is 6.24. The maximum Gasteiger partial charge on any atom is 0.347 e. The lowest BCUT2D eigenvalue weighted by atomic mass is 10.1. The Hall–Kier alpha value is -2.13. The Labute approximate surface area is 120 Å². The fraction of sp³-hybridized carbons (Fsp3) is 0.125. The predicted octanol–water partition coefficient (Wildman–Crippen LogP) is 3.90. The summed E-state index contributed by atoms with van der Waals surface area (Å²) >= 11 is 5.82. The summed E-state index contributed by atoms with van der Waals surface area (Å²) < 4.78 is 5.32. The molecule has 0 atom stereocenters. The van der Waals surface area contributed by atoms with Gasteiger partial charge in [-0.25, -0.2) is 9.78 Å². The van der Waals surface area contributed by atoms with Crippen LogP contribution in [0.25, 0.3) is 22.4 Å². The molecule has 0 radical (unpaired) electrons. The Morgan fingerprint density at radius 2 is 2.05 bits per heavy atom. The van der Waals surface area contributed by atoms with Crippen molar-refractivity contribution >= 4 is 22.5 Å². The molecule has 20 heavy (non-hydrogen) atoms. The summed E-state index contributed by atoms with van der Waals surface area (Å²) in [4.78, 5) is 16.5. The van der Waals surface area contributed by atoms with E-state index < -0.39 is 0 Å².